The van der Waals surface area contributed by atoms with Crippen molar-refractivity contribution in [3.63, 3.8) is 0 Å². The summed E-state index contributed by atoms with van der Waals surface area (Å²) in [7, 11) is 0. The molecule has 6 heteroatoms. The van der Waals surface area contributed by atoms with Crippen molar-refractivity contribution < 1.29 is 0 Å². The SMILES string of the molecule is O=c1c2ccccc2[nH]c(=S)n1Cc1cscn1. The van der Waals surface area contributed by atoms with Crippen LogP contribution in [0.25, 0.3) is 10.9 Å². The molecule has 18 heavy (non-hydrogen) atoms. The van der Waals surface area contributed by atoms with E-state index in [9.17, 15) is 4.79 Å². The van der Waals surface area contributed by atoms with Crippen LogP contribution in [0.5, 0.6) is 0 Å². The van der Waals surface area contributed by atoms with Crippen LogP contribution in [0.15, 0.2) is 40.0 Å². The van der Waals surface area contributed by atoms with Gasteiger partial charge in [0.15, 0.2) is 4.77 Å². The van der Waals surface area contributed by atoms with E-state index < -0.39 is 0 Å². The Morgan fingerprint density at radius 2 is 2.22 bits per heavy atom. The lowest BCUT2D eigenvalue weighted by Gasteiger charge is -2.06. The zero-order valence-electron chi connectivity index (χ0n) is 9.29. The summed E-state index contributed by atoms with van der Waals surface area (Å²) < 4.78 is 1.96. The third-order valence-electron chi connectivity index (χ3n) is 2.69. The van der Waals surface area contributed by atoms with Crippen LogP contribution in [0, 0.1) is 4.77 Å². The van der Waals surface area contributed by atoms with Gasteiger partial charge in [0.2, 0.25) is 0 Å². The summed E-state index contributed by atoms with van der Waals surface area (Å²) >= 11 is 6.73. The number of nitrogens with one attached hydrogen (secondary N) is 1. The average molecular weight is 275 g/mol. The van der Waals surface area contributed by atoms with E-state index in [1.807, 2.05) is 23.6 Å². The van der Waals surface area contributed by atoms with Crippen LogP contribution in [-0.4, -0.2) is 14.5 Å². The van der Waals surface area contributed by atoms with E-state index in [1.165, 1.54) is 15.9 Å². The second kappa shape index (κ2) is 4.47. The predicted molar refractivity (Wildman–Crippen MR) is 74.6 cm³/mol. The molecule has 0 fully saturated rings. The molecule has 90 valence electrons. The normalized spacial score (nSPS) is 10.9. The van der Waals surface area contributed by atoms with Crippen LogP contribution in [0.3, 0.4) is 0 Å². The number of hydrogen-bond acceptors (Lipinski definition) is 4. The topological polar surface area (TPSA) is 50.7 Å². The molecule has 0 saturated carbocycles. The summed E-state index contributed by atoms with van der Waals surface area (Å²) in [5.74, 6) is 0. The highest BCUT2D eigenvalue weighted by Crippen LogP contribution is 2.08. The van der Waals surface area contributed by atoms with Crippen molar-refractivity contribution in [3.8, 4) is 0 Å². The molecule has 3 aromatic rings. The van der Waals surface area contributed by atoms with Crippen molar-refractivity contribution in [2.24, 2.45) is 0 Å². The molecule has 0 unspecified atom stereocenters. The molecule has 0 bridgehead atoms. The minimum absolute atomic E-state index is 0.0812. The van der Waals surface area contributed by atoms with Crippen LogP contribution in [-0.2, 0) is 6.54 Å². The average Bonchev–Trinajstić information content (AvgIpc) is 2.87. The van der Waals surface area contributed by atoms with E-state index >= 15 is 0 Å². The molecule has 2 aromatic heterocycles. The molecule has 4 nitrogen and oxygen atoms in total. The van der Waals surface area contributed by atoms with E-state index in [4.69, 9.17) is 12.2 Å². The molecule has 0 atom stereocenters. The number of hydrogen-bond donors (Lipinski definition) is 1. The monoisotopic (exact) mass is 275 g/mol. The van der Waals surface area contributed by atoms with Gasteiger partial charge in [-0.25, -0.2) is 4.98 Å². The van der Waals surface area contributed by atoms with Gasteiger partial charge in [0.25, 0.3) is 5.56 Å². The third kappa shape index (κ3) is 1.89. The van der Waals surface area contributed by atoms with E-state index in [-0.39, 0.29) is 5.56 Å². The van der Waals surface area contributed by atoms with Crippen LogP contribution in [0.1, 0.15) is 5.69 Å². The molecule has 0 aliphatic rings. The van der Waals surface area contributed by atoms with Gasteiger partial charge < -0.3 is 4.98 Å². The zero-order valence-corrected chi connectivity index (χ0v) is 10.9. The summed E-state index contributed by atoms with van der Waals surface area (Å²) in [4.78, 5) is 19.6. The van der Waals surface area contributed by atoms with Crippen LogP contribution in [0.2, 0.25) is 0 Å². The fourth-order valence-corrected chi connectivity index (χ4v) is 2.63. The Bertz CT molecular complexity index is 802. The number of rotatable bonds is 2. The van der Waals surface area contributed by atoms with Crippen molar-refractivity contribution in [2.75, 3.05) is 0 Å². The summed E-state index contributed by atoms with van der Waals surface area (Å²) in [5, 5.41) is 2.55. The highest BCUT2D eigenvalue weighted by Gasteiger charge is 2.06. The van der Waals surface area contributed by atoms with E-state index in [0.717, 1.165) is 11.2 Å². The smallest absolute Gasteiger partial charge is 0.262 e. The highest BCUT2D eigenvalue weighted by atomic mass is 32.1. The number of nitrogens with zero attached hydrogens (tertiary/aromatic N) is 2. The lowest BCUT2D eigenvalue weighted by atomic mass is 10.2. The fraction of sp³-hybridized carbons (Fsp3) is 0.0833. The standard InChI is InChI=1S/C12H9N3OS2/c16-11-9-3-1-2-4-10(9)14-12(17)15(11)5-8-6-18-7-13-8/h1-4,6-7H,5H2,(H,14,17). The first-order valence-corrected chi connectivity index (χ1v) is 6.70. The maximum atomic E-state index is 12.3. The van der Waals surface area contributed by atoms with E-state index in [2.05, 4.69) is 9.97 Å². The summed E-state index contributed by atoms with van der Waals surface area (Å²) in [6, 6.07) is 7.35. The quantitative estimate of drug-likeness (QED) is 0.731. The summed E-state index contributed by atoms with van der Waals surface area (Å²) in [6.45, 7) is 0.405. The Kier molecular flexibility index (Phi) is 2.81. The minimum atomic E-state index is -0.0812. The molecular formula is C12H9N3OS2. The van der Waals surface area contributed by atoms with Gasteiger partial charge in [-0.05, 0) is 24.4 Å². The van der Waals surface area contributed by atoms with Crippen LogP contribution < -0.4 is 5.56 Å². The number of aromatic nitrogens is 3. The Labute approximate surface area is 112 Å². The van der Waals surface area contributed by atoms with Crippen molar-refractivity contribution in [2.45, 2.75) is 6.54 Å². The zero-order chi connectivity index (χ0) is 12.5. The van der Waals surface area contributed by atoms with Gasteiger partial charge in [0, 0.05) is 5.38 Å². The fourth-order valence-electron chi connectivity index (χ4n) is 1.82. The first-order chi connectivity index (χ1) is 8.75. The van der Waals surface area contributed by atoms with Gasteiger partial charge in [0.05, 0.1) is 28.7 Å². The van der Waals surface area contributed by atoms with Crippen molar-refractivity contribution in [3.05, 3.63) is 56.0 Å². The largest absolute Gasteiger partial charge is 0.332 e. The Morgan fingerprint density at radius 1 is 1.39 bits per heavy atom. The number of H-pyrrole nitrogens is 1. The van der Waals surface area contributed by atoms with Gasteiger partial charge in [0.1, 0.15) is 0 Å². The molecular weight excluding hydrogens is 266 g/mol. The maximum Gasteiger partial charge on any atom is 0.262 e. The van der Waals surface area contributed by atoms with Gasteiger partial charge in [-0.1, -0.05) is 12.1 Å². The van der Waals surface area contributed by atoms with Crippen molar-refractivity contribution >= 4 is 34.5 Å². The molecule has 1 N–H and O–H groups in total. The van der Waals surface area contributed by atoms with Gasteiger partial charge in [-0.2, -0.15) is 0 Å². The number of benzene rings is 1. The molecule has 0 aliphatic carbocycles. The van der Waals surface area contributed by atoms with Crippen molar-refractivity contribution in [1.29, 1.82) is 0 Å². The van der Waals surface area contributed by atoms with E-state index in [1.54, 1.807) is 11.6 Å². The Balaban J connectivity index is 2.23. The first kappa shape index (κ1) is 11.3. The second-order valence-corrected chi connectivity index (χ2v) is 4.95. The predicted octanol–water partition coefficient (Wildman–Crippen LogP) is 2.56. The van der Waals surface area contributed by atoms with Crippen molar-refractivity contribution in [1.82, 2.24) is 14.5 Å². The molecule has 3 rings (SSSR count). The number of fused-ring (bicyclic) bond motifs is 1. The first-order valence-electron chi connectivity index (χ1n) is 5.34. The third-order valence-corrected chi connectivity index (χ3v) is 3.65. The molecule has 0 radical (unpaired) electrons. The van der Waals surface area contributed by atoms with E-state index in [0.29, 0.717) is 16.7 Å². The van der Waals surface area contributed by atoms with Gasteiger partial charge in [-0.3, -0.25) is 9.36 Å². The molecule has 0 aliphatic heterocycles. The lowest BCUT2D eigenvalue weighted by molar-refractivity contribution is 0.721. The molecule has 0 saturated heterocycles. The minimum Gasteiger partial charge on any atom is -0.332 e. The summed E-state index contributed by atoms with van der Waals surface area (Å²) in [6.07, 6.45) is 0. The molecule has 0 amide bonds. The lowest BCUT2D eigenvalue weighted by Crippen LogP contribution is -2.22. The maximum absolute atomic E-state index is 12.3. The Hall–Kier alpha value is -1.79. The van der Waals surface area contributed by atoms with Gasteiger partial charge in [-0.15, -0.1) is 11.3 Å². The number of thiazole rings is 1. The molecule has 2 heterocycles. The highest BCUT2D eigenvalue weighted by molar-refractivity contribution is 7.71. The summed E-state index contributed by atoms with van der Waals surface area (Å²) in [5.41, 5.74) is 3.27. The number of para-hydroxylation sites is 1. The molecule has 0 spiro atoms. The Morgan fingerprint density at radius 3 is 3.00 bits per heavy atom. The second-order valence-electron chi connectivity index (χ2n) is 3.85. The number of aromatic amines is 1. The van der Waals surface area contributed by atoms with Crippen LogP contribution in [0.4, 0.5) is 0 Å². The molecule has 1 aromatic carbocycles. The van der Waals surface area contributed by atoms with Gasteiger partial charge >= 0.3 is 0 Å². The van der Waals surface area contributed by atoms with Crippen LogP contribution >= 0.6 is 23.6 Å².